The summed E-state index contributed by atoms with van der Waals surface area (Å²) in [6, 6.07) is 3.31. The van der Waals surface area contributed by atoms with Gasteiger partial charge < -0.3 is 19.3 Å². The molecule has 1 aromatic heterocycles. The molecule has 0 aliphatic carbocycles. The first-order valence-electron chi connectivity index (χ1n) is 6.12. The Bertz CT molecular complexity index is 653. The average Bonchev–Trinajstić information content (AvgIpc) is 2.87. The number of nitrogens with zero attached hydrogens (tertiary/aromatic N) is 1. The van der Waals surface area contributed by atoms with Gasteiger partial charge in [0.25, 0.3) is 0 Å². The first-order valence-corrected chi connectivity index (χ1v) is 6.12. The highest BCUT2D eigenvalue weighted by Gasteiger charge is 2.22. The highest BCUT2D eigenvalue weighted by Crippen LogP contribution is 2.41. The Balaban J connectivity index is 2.68. The van der Waals surface area contributed by atoms with E-state index in [-0.39, 0.29) is 5.56 Å². The fourth-order valence-electron chi connectivity index (χ4n) is 2.12. The standard InChI is InChI=1S/C14H16N2O5/c1-7-11(14(17)18)12(16-15-7)8-5-9(19-2)13(21-4)10(6-8)20-3/h5-6H,1-4H3,(H,15,16)(H,17,18). The number of hydrogen-bond acceptors (Lipinski definition) is 5. The van der Waals surface area contributed by atoms with Gasteiger partial charge in [-0.2, -0.15) is 5.10 Å². The highest BCUT2D eigenvalue weighted by atomic mass is 16.5. The number of aryl methyl sites for hydroxylation is 1. The minimum absolute atomic E-state index is 0.115. The number of methoxy groups -OCH3 is 3. The monoisotopic (exact) mass is 292 g/mol. The second-order valence-corrected chi connectivity index (χ2v) is 4.29. The van der Waals surface area contributed by atoms with Crippen molar-refractivity contribution in [1.29, 1.82) is 0 Å². The number of aromatic nitrogens is 2. The van der Waals surface area contributed by atoms with E-state index in [2.05, 4.69) is 10.2 Å². The van der Waals surface area contributed by atoms with Gasteiger partial charge in [-0.05, 0) is 19.1 Å². The second kappa shape index (κ2) is 5.74. The summed E-state index contributed by atoms with van der Waals surface area (Å²) in [6.07, 6.45) is 0. The van der Waals surface area contributed by atoms with E-state index in [1.54, 1.807) is 19.1 Å². The lowest BCUT2D eigenvalue weighted by molar-refractivity contribution is 0.0697. The normalized spacial score (nSPS) is 10.3. The molecule has 7 heteroatoms. The molecule has 112 valence electrons. The fourth-order valence-corrected chi connectivity index (χ4v) is 2.12. The van der Waals surface area contributed by atoms with Gasteiger partial charge in [-0.25, -0.2) is 4.79 Å². The number of benzene rings is 1. The number of aromatic amines is 1. The van der Waals surface area contributed by atoms with Gasteiger partial charge >= 0.3 is 5.97 Å². The maximum Gasteiger partial charge on any atom is 0.339 e. The second-order valence-electron chi connectivity index (χ2n) is 4.29. The Kier molecular flexibility index (Phi) is 4.02. The Morgan fingerprint density at radius 1 is 1.14 bits per heavy atom. The van der Waals surface area contributed by atoms with Gasteiger partial charge in [-0.15, -0.1) is 0 Å². The first-order chi connectivity index (χ1) is 10.0. The third kappa shape index (κ3) is 2.49. The highest BCUT2D eigenvalue weighted by molar-refractivity contribution is 5.96. The summed E-state index contributed by atoms with van der Waals surface area (Å²) in [5, 5.41) is 16.0. The summed E-state index contributed by atoms with van der Waals surface area (Å²) < 4.78 is 15.8. The molecule has 1 heterocycles. The van der Waals surface area contributed by atoms with Crippen molar-refractivity contribution in [3.05, 3.63) is 23.4 Å². The van der Waals surface area contributed by atoms with Crippen molar-refractivity contribution >= 4 is 5.97 Å². The fraction of sp³-hybridized carbons (Fsp3) is 0.286. The Morgan fingerprint density at radius 3 is 2.14 bits per heavy atom. The van der Waals surface area contributed by atoms with E-state index in [0.29, 0.717) is 34.2 Å². The summed E-state index contributed by atoms with van der Waals surface area (Å²) in [7, 11) is 4.49. The smallest absolute Gasteiger partial charge is 0.339 e. The molecule has 21 heavy (non-hydrogen) atoms. The van der Waals surface area contributed by atoms with Crippen LogP contribution in [-0.4, -0.2) is 42.6 Å². The van der Waals surface area contributed by atoms with Gasteiger partial charge in [0.05, 0.1) is 21.3 Å². The van der Waals surface area contributed by atoms with E-state index in [9.17, 15) is 9.90 Å². The quantitative estimate of drug-likeness (QED) is 0.876. The predicted molar refractivity (Wildman–Crippen MR) is 75.4 cm³/mol. The predicted octanol–water partition coefficient (Wildman–Crippen LogP) is 2.11. The van der Waals surface area contributed by atoms with Gasteiger partial charge in [0.1, 0.15) is 11.3 Å². The van der Waals surface area contributed by atoms with Gasteiger partial charge in [-0.3, -0.25) is 5.10 Å². The number of aromatic carboxylic acids is 1. The van der Waals surface area contributed by atoms with Crippen molar-refractivity contribution < 1.29 is 24.1 Å². The summed E-state index contributed by atoms with van der Waals surface area (Å²) in [4.78, 5) is 11.4. The van der Waals surface area contributed by atoms with E-state index < -0.39 is 5.97 Å². The van der Waals surface area contributed by atoms with Crippen LogP contribution in [-0.2, 0) is 0 Å². The number of carboxylic acid groups (broad SMARTS) is 1. The molecular formula is C14H16N2O5. The Morgan fingerprint density at radius 2 is 1.71 bits per heavy atom. The topological polar surface area (TPSA) is 93.7 Å². The number of ether oxygens (including phenoxy) is 3. The minimum Gasteiger partial charge on any atom is -0.493 e. The molecule has 0 amide bonds. The summed E-state index contributed by atoms with van der Waals surface area (Å²) in [5.41, 5.74) is 1.47. The van der Waals surface area contributed by atoms with E-state index in [4.69, 9.17) is 14.2 Å². The maximum absolute atomic E-state index is 11.4. The van der Waals surface area contributed by atoms with Gasteiger partial charge in [0, 0.05) is 11.3 Å². The largest absolute Gasteiger partial charge is 0.493 e. The van der Waals surface area contributed by atoms with Crippen molar-refractivity contribution in [3.63, 3.8) is 0 Å². The molecule has 0 atom stereocenters. The molecule has 0 saturated heterocycles. The number of rotatable bonds is 5. The molecule has 0 aliphatic heterocycles. The number of H-pyrrole nitrogens is 1. The lowest BCUT2D eigenvalue weighted by atomic mass is 10.0. The molecule has 0 aliphatic rings. The molecule has 2 aromatic rings. The van der Waals surface area contributed by atoms with Crippen molar-refractivity contribution in [1.82, 2.24) is 10.2 Å². The van der Waals surface area contributed by atoms with Crippen LogP contribution >= 0.6 is 0 Å². The van der Waals surface area contributed by atoms with E-state index in [1.807, 2.05) is 0 Å². The molecule has 0 fully saturated rings. The third-order valence-corrected chi connectivity index (χ3v) is 3.10. The molecule has 0 bridgehead atoms. The van der Waals surface area contributed by atoms with Gasteiger partial charge in [0.2, 0.25) is 5.75 Å². The molecular weight excluding hydrogens is 276 g/mol. The van der Waals surface area contributed by atoms with E-state index in [1.165, 1.54) is 21.3 Å². The van der Waals surface area contributed by atoms with Crippen LogP contribution in [0.15, 0.2) is 12.1 Å². The van der Waals surface area contributed by atoms with Crippen molar-refractivity contribution in [2.45, 2.75) is 6.92 Å². The molecule has 0 spiro atoms. The zero-order valence-electron chi connectivity index (χ0n) is 12.2. The van der Waals surface area contributed by atoms with Crippen LogP contribution in [0.2, 0.25) is 0 Å². The summed E-state index contributed by atoms with van der Waals surface area (Å²) in [5.74, 6) is 0.255. The number of nitrogens with one attached hydrogen (secondary N) is 1. The number of carbonyl (C=O) groups is 1. The molecule has 2 N–H and O–H groups in total. The maximum atomic E-state index is 11.4. The van der Waals surface area contributed by atoms with Crippen LogP contribution in [0.25, 0.3) is 11.3 Å². The SMILES string of the molecule is COc1cc(-c2n[nH]c(C)c2C(=O)O)cc(OC)c1OC. The van der Waals surface area contributed by atoms with Crippen molar-refractivity contribution in [2.75, 3.05) is 21.3 Å². The van der Waals surface area contributed by atoms with Gasteiger partial charge in [0.15, 0.2) is 11.5 Å². The third-order valence-electron chi connectivity index (χ3n) is 3.10. The molecule has 2 rings (SSSR count). The van der Waals surface area contributed by atoms with E-state index >= 15 is 0 Å². The van der Waals surface area contributed by atoms with Crippen LogP contribution in [0.3, 0.4) is 0 Å². The van der Waals surface area contributed by atoms with E-state index in [0.717, 1.165) is 0 Å². The first kappa shape index (κ1) is 14.7. The average molecular weight is 292 g/mol. The van der Waals surface area contributed by atoms with Crippen LogP contribution in [0.1, 0.15) is 16.1 Å². The van der Waals surface area contributed by atoms with Crippen LogP contribution < -0.4 is 14.2 Å². The molecule has 0 radical (unpaired) electrons. The number of hydrogen-bond donors (Lipinski definition) is 2. The van der Waals surface area contributed by atoms with Crippen molar-refractivity contribution in [3.8, 4) is 28.5 Å². The lowest BCUT2D eigenvalue weighted by Gasteiger charge is -2.13. The van der Waals surface area contributed by atoms with Crippen LogP contribution in [0.4, 0.5) is 0 Å². The Labute approximate surface area is 121 Å². The van der Waals surface area contributed by atoms with Crippen LogP contribution in [0, 0.1) is 6.92 Å². The summed E-state index contributed by atoms with van der Waals surface area (Å²) in [6.45, 7) is 1.65. The minimum atomic E-state index is -1.05. The zero-order valence-corrected chi connectivity index (χ0v) is 12.2. The van der Waals surface area contributed by atoms with Crippen molar-refractivity contribution in [2.24, 2.45) is 0 Å². The summed E-state index contributed by atoms with van der Waals surface area (Å²) >= 11 is 0. The number of carboxylic acids is 1. The lowest BCUT2D eigenvalue weighted by Crippen LogP contribution is -2.00. The zero-order chi connectivity index (χ0) is 15.6. The molecule has 0 saturated carbocycles. The Hall–Kier alpha value is -2.70. The molecule has 7 nitrogen and oxygen atoms in total. The molecule has 1 aromatic carbocycles. The molecule has 0 unspecified atom stereocenters. The van der Waals surface area contributed by atoms with Gasteiger partial charge in [-0.1, -0.05) is 0 Å². The van der Waals surface area contributed by atoms with Crippen LogP contribution in [0.5, 0.6) is 17.2 Å².